The molecule has 0 aromatic carbocycles. The average Bonchev–Trinajstić information content (AvgIpc) is 2.01. The maximum Gasteiger partial charge on any atom is 0.211 e. The van der Waals surface area contributed by atoms with E-state index in [-0.39, 0.29) is 17.5 Å². The van der Waals surface area contributed by atoms with Crippen LogP contribution in [0.25, 0.3) is 0 Å². The maximum atomic E-state index is 10.7. The molecule has 0 aliphatic heterocycles. The lowest BCUT2D eigenvalue weighted by atomic mass is 10.4. The summed E-state index contributed by atoms with van der Waals surface area (Å²) in [6, 6.07) is 0. The first kappa shape index (κ1) is 10.7. The van der Waals surface area contributed by atoms with Crippen LogP contribution in [0.4, 0.5) is 0 Å². The van der Waals surface area contributed by atoms with Crippen molar-refractivity contribution in [1.29, 1.82) is 0 Å². The summed E-state index contributed by atoms with van der Waals surface area (Å²) >= 11 is 0.998. The fourth-order valence-corrected chi connectivity index (χ4v) is 1.11. The predicted octanol–water partition coefficient (Wildman–Crippen LogP) is 0.175. The SMILES string of the molecule is CC=CC(=O)SCC(O)CO. The first-order valence-corrected chi connectivity index (χ1v) is 4.27. The van der Waals surface area contributed by atoms with Crippen LogP contribution in [-0.4, -0.2) is 33.8 Å². The van der Waals surface area contributed by atoms with Gasteiger partial charge in [-0.25, -0.2) is 0 Å². The van der Waals surface area contributed by atoms with Crippen molar-refractivity contribution >= 4 is 16.9 Å². The quantitative estimate of drug-likeness (QED) is 0.600. The summed E-state index contributed by atoms with van der Waals surface area (Å²) in [6.45, 7) is 1.46. The van der Waals surface area contributed by atoms with Crippen LogP contribution in [0, 0.1) is 0 Å². The van der Waals surface area contributed by atoms with Gasteiger partial charge in [0.2, 0.25) is 5.12 Å². The highest BCUT2D eigenvalue weighted by molar-refractivity contribution is 8.14. The molecule has 0 rings (SSSR count). The Morgan fingerprint density at radius 1 is 1.73 bits per heavy atom. The van der Waals surface area contributed by atoms with E-state index in [1.54, 1.807) is 13.0 Å². The molecule has 0 aromatic heterocycles. The number of hydrogen-bond acceptors (Lipinski definition) is 4. The molecule has 0 saturated carbocycles. The van der Waals surface area contributed by atoms with E-state index in [0.717, 1.165) is 11.8 Å². The molecule has 64 valence electrons. The Morgan fingerprint density at radius 3 is 2.82 bits per heavy atom. The number of aliphatic hydroxyl groups excluding tert-OH is 2. The van der Waals surface area contributed by atoms with Crippen molar-refractivity contribution in [2.45, 2.75) is 13.0 Å². The van der Waals surface area contributed by atoms with Gasteiger partial charge < -0.3 is 10.2 Å². The van der Waals surface area contributed by atoms with Gasteiger partial charge in [-0.2, -0.15) is 0 Å². The number of carbonyl (C=O) groups is 1. The van der Waals surface area contributed by atoms with E-state index >= 15 is 0 Å². The number of carbonyl (C=O) groups excluding carboxylic acids is 1. The van der Waals surface area contributed by atoms with Crippen LogP contribution in [0.15, 0.2) is 12.2 Å². The Morgan fingerprint density at radius 2 is 2.36 bits per heavy atom. The molecule has 0 bridgehead atoms. The average molecular weight is 176 g/mol. The van der Waals surface area contributed by atoms with E-state index in [0.29, 0.717) is 0 Å². The van der Waals surface area contributed by atoms with Crippen molar-refractivity contribution < 1.29 is 15.0 Å². The molecule has 0 aliphatic carbocycles. The summed E-state index contributed by atoms with van der Waals surface area (Å²) in [5, 5.41) is 17.1. The second-order valence-electron chi connectivity index (χ2n) is 1.97. The van der Waals surface area contributed by atoms with Gasteiger partial charge in [0.05, 0.1) is 12.7 Å². The number of rotatable bonds is 4. The van der Waals surface area contributed by atoms with Crippen LogP contribution in [0.3, 0.4) is 0 Å². The third-order valence-electron chi connectivity index (χ3n) is 0.931. The van der Waals surface area contributed by atoms with E-state index in [1.807, 2.05) is 0 Å². The zero-order valence-electron chi connectivity index (χ0n) is 6.36. The highest BCUT2D eigenvalue weighted by Gasteiger charge is 2.04. The molecule has 0 spiro atoms. The van der Waals surface area contributed by atoms with Gasteiger partial charge in [0.25, 0.3) is 0 Å². The largest absolute Gasteiger partial charge is 0.394 e. The minimum Gasteiger partial charge on any atom is -0.394 e. The van der Waals surface area contributed by atoms with Crippen LogP contribution in [0.2, 0.25) is 0 Å². The fourth-order valence-electron chi connectivity index (χ4n) is 0.415. The van der Waals surface area contributed by atoms with Crippen molar-refractivity contribution in [3.63, 3.8) is 0 Å². The van der Waals surface area contributed by atoms with Gasteiger partial charge in [-0.05, 0) is 13.0 Å². The van der Waals surface area contributed by atoms with E-state index in [1.165, 1.54) is 6.08 Å². The Labute approximate surface area is 70.1 Å². The molecular formula is C7H12O3S. The van der Waals surface area contributed by atoms with E-state index in [9.17, 15) is 4.79 Å². The molecule has 1 atom stereocenters. The first-order chi connectivity index (χ1) is 5.20. The Kier molecular flexibility index (Phi) is 6.21. The highest BCUT2D eigenvalue weighted by atomic mass is 32.2. The molecule has 4 heteroatoms. The molecule has 0 aliphatic rings. The minimum absolute atomic E-state index is 0.0972. The van der Waals surface area contributed by atoms with Crippen LogP contribution in [0.1, 0.15) is 6.92 Å². The summed E-state index contributed by atoms with van der Waals surface area (Å²) in [6.07, 6.45) is 2.27. The molecule has 0 radical (unpaired) electrons. The zero-order chi connectivity index (χ0) is 8.69. The summed E-state index contributed by atoms with van der Waals surface area (Å²) in [4.78, 5) is 10.7. The highest BCUT2D eigenvalue weighted by Crippen LogP contribution is 2.04. The molecule has 0 fully saturated rings. The number of hydrogen-bond donors (Lipinski definition) is 2. The van der Waals surface area contributed by atoms with E-state index in [2.05, 4.69) is 0 Å². The van der Waals surface area contributed by atoms with Crippen LogP contribution < -0.4 is 0 Å². The topological polar surface area (TPSA) is 57.5 Å². The van der Waals surface area contributed by atoms with Gasteiger partial charge in [0, 0.05) is 5.75 Å². The van der Waals surface area contributed by atoms with E-state index in [4.69, 9.17) is 10.2 Å². The molecule has 11 heavy (non-hydrogen) atoms. The van der Waals surface area contributed by atoms with Gasteiger partial charge in [-0.15, -0.1) is 0 Å². The monoisotopic (exact) mass is 176 g/mol. The zero-order valence-corrected chi connectivity index (χ0v) is 7.17. The first-order valence-electron chi connectivity index (χ1n) is 3.29. The van der Waals surface area contributed by atoms with Gasteiger partial charge >= 0.3 is 0 Å². The molecule has 2 N–H and O–H groups in total. The molecule has 0 aromatic rings. The Balaban J connectivity index is 3.45. The van der Waals surface area contributed by atoms with Gasteiger partial charge in [0.1, 0.15) is 0 Å². The van der Waals surface area contributed by atoms with E-state index < -0.39 is 6.10 Å². The van der Waals surface area contributed by atoms with Crippen molar-refractivity contribution in [1.82, 2.24) is 0 Å². The molecule has 1 unspecified atom stereocenters. The van der Waals surface area contributed by atoms with Crippen molar-refractivity contribution in [3.8, 4) is 0 Å². The Hall–Kier alpha value is -0.320. The minimum atomic E-state index is -0.797. The number of thioether (sulfide) groups is 1. The van der Waals surface area contributed by atoms with Gasteiger partial charge in [0.15, 0.2) is 0 Å². The van der Waals surface area contributed by atoms with Crippen molar-refractivity contribution in [2.75, 3.05) is 12.4 Å². The second kappa shape index (κ2) is 6.39. The van der Waals surface area contributed by atoms with Gasteiger partial charge in [-0.1, -0.05) is 17.8 Å². The number of allylic oxidation sites excluding steroid dienone is 1. The van der Waals surface area contributed by atoms with Crippen LogP contribution >= 0.6 is 11.8 Å². The van der Waals surface area contributed by atoms with Crippen molar-refractivity contribution in [3.05, 3.63) is 12.2 Å². The smallest absolute Gasteiger partial charge is 0.211 e. The fraction of sp³-hybridized carbons (Fsp3) is 0.571. The summed E-state index contributed by atoms with van der Waals surface area (Å²) in [5.74, 6) is 0.250. The van der Waals surface area contributed by atoms with Crippen molar-refractivity contribution in [2.24, 2.45) is 0 Å². The normalized spacial score (nSPS) is 13.7. The third kappa shape index (κ3) is 6.09. The third-order valence-corrected chi connectivity index (χ3v) is 1.90. The summed E-state index contributed by atoms with van der Waals surface area (Å²) in [7, 11) is 0. The lowest BCUT2D eigenvalue weighted by Gasteiger charge is -2.02. The summed E-state index contributed by atoms with van der Waals surface area (Å²) < 4.78 is 0. The Bertz CT molecular complexity index is 145. The second-order valence-corrected chi connectivity index (χ2v) is 2.99. The van der Waals surface area contributed by atoms with Crippen LogP contribution in [0.5, 0.6) is 0 Å². The standard InChI is InChI=1S/C7H12O3S/c1-2-3-7(10)11-5-6(9)4-8/h2-3,6,8-9H,4-5H2,1H3. The molecule has 0 saturated heterocycles. The molecular weight excluding hydrogens is 164 g/mol. The maximum absolute atomic E-state index is 10.7. The molecule has 0 heterocycles. The molecule has 0 amide bonds. The van der Waals surface area contributed by atoms with Crippen LogP contribution in [-0.2, 0) is 4.79 Å². The van der Waals surface area contributed by atoms with Gasteiger partial charge in [-0.3, -0.25) is 4.79 Å². The molecule has 3 nitrogen and oxygen atoms in total. The number of aliphatic hydroxyl groups is 2. The summed E-state index contributed by atoms with van der Waals surface area (Å²) in [5.41, 5.74) is 0. The predicted molar refractivity (Wildman–Crippen MR) is 45.4 cm³/mol. The lowest BCUT2D eigenvalue weighted by Crippen LogP contribution is -2.15. The lowest BCUT2D eigenvalue weighted by molar-refractivity contribution is -0.107.